The topological polar surface area (TPSA) is 65.8 Å². The van der Waals surface area contributed by atoms with E-state index >= 15 is 0 Å². The van der Waals surface area contributed by atoms with Crippen molar-refractivity contribution in [1.82, 2.24) is 5.32 Å². The molecule has 8 heteroatoms. The van der Waals surface area contributed by atoms with Gasteiger partial charge >= 0.3 is 6.03 Å². The fraction of sp³-hybridized carbons (Fsp3) is 0.300. The molecule has 2 aliphatic rings. The van der Waals surface area contributed by atoms with Crippen LogP contribution in [0.2, 0.25) is 10.0 Å². The highest BCUT2D eigenvalue weighted by atomic mass is 35.5. The molecule has 3 rings (SSSR count). The molecule has 2 N–H and O–H groups in total. The molecule has 18 heavy (non-hydrogen) atoms. The Morgan fingerprint density at radius 1 is 1.28 bits per heavy atom. The first-order valence-corrected chi connectivity index (χ1v) is 6.81. The molecule has 0 bridgehead atoms. The molecular weight excluding hydrogens is 295 g/mol. The van der Waals surface area contributed by atoms with Crippen LogP contribution in [0.1, 0.15) is 12.8 Å². The average molecular weight is 303 g/mol. The van der Waals surface area contributed by atoms with E-state index in [4.69, 9.17) is 23.2 Å². The maximum absolute atomic E-state index is 11.7. The summed E-state index contributed by atoms with van der Waals surface area (Å²) in [6.07, 6.45) is 2.05. The van der Waals surface area contributed by atoms with Crippen LogP contribution in [0.4, 0.5) is 21.9 Å². The molecule has 0 atom stereocenters. The molecular formula is C10H8Cl2N4OS. The molecule has 1 aromatic carbocycles. The highest BCUT2D eigenvalue weighted by Gasteiger charge is 2.25. The lowest BCUT2D eigenvalue weighted by molar-refractivity contribution is 0.251. The van der Waals surface area contributed by atoms with Crippen LogP contribution in [0.3, 0.4) is 0 Å². The third kappa shape index (κ3) is 2.23. The fourth-order valence-corrected chi connectivity index (χ4v) is 2.72. The zero-order valence-corrected chi connectivity index (χ0v) is 11.4. The molecule has 2 amide bonds. The second-order valence-electron chi connectivity index (χ2n) is 4.05. The first-order chi connectivity index (χ1) is 8.65. The Kier molecular flexibility index (Phi) is 3.01. The Hall–Kier alpha value is -1.11. The van der Waals surface area contributed by atoms with Gasteiger partial charge in [0.2, 0.25) is 0 Å². The lowest BCUT2D eigenvalue weighted by atomic mass is 10.2. The summed E-state index contributed by atoms with van der Waals surface area (Å²) in [7, 11) is 0. The number of anilines is 1. The minimum absolute atomic E-state index is 0.278. The summed E-state index contributed by atoms with van der Waals surface area (Å²) in [5.41, 5.74) is 1.51. The second-order valence-corrected chi connectivity index (χ2v) is 5.39. The normalized spacial score (nSPS) is 16.1. The zero-order chi connectivity index (χ0) is 12.7. The standard InChI is InChI=1S/C10H8Cl2N4OS/c11-5-3-6(12)8-9(16-18-15-8)7(5)14-10(17)13-4-1-2-4/h3-4H,1-2H2,(H2,13,14,17). The number of carbonyl (C=O) groups excluding carboxylic acids is 1. The molecule has 1 aliphatic carbocycles. The summed E-state index contributed by atoms with van der Waals surface area (Å²) in [5.74, 6) is 0. The van der Waals surface area contributed by atoms with Gasteiger partial charge in [-0.2, -0.15) is 8.73 Å². The first kappa shape index (κ1) is 12.0. The van der Waals surface area contributed by atoms with Crippen molar-refractivity contribution in [3.63, 3.8) is 0 Å². The molecule has 1 aromatic rings. The quantitative estimate of drug-likeness (QED) is 0.865. The van der Waals surface area contributed by atoms with Gasteiger partial charge in [-0.3, -0.25) is 0 Å². The van der Waals surface area contributed by atoms with Crippen molar-refractivity contribution in [2.24, 2.45) is 8.73 Å². The largest absolute Gasteiger partial charge is 0.335 e. The number of nitrogens with one attached hydrogen (secondary N) is 2. The van der Waals surface area contributed by atoms with Crippen molar-refractivity contribution >= 4 is 57.6 Å². The van der Waals surface area contributed by atoms with Gasteiger partial charge in [0.25, 0.3) is 0 Å². The van der Waals surface area contributed by atoms with Crippen molar-refractivity contribution < 1.29 is 4.79 Å². The van der Waals surface area contributed by atoms with Gasteiger partial charge < -0.3 is 10.6 Å². The minimum atomic E-state index is -0.281. The van der Waals surface area contributed by atoms with Crippen molar-refractivity contribution in [3.05, 3.63) is 16.1 Å². The molecule has 94 valence electrons. The molecule has 0 unspecified atom stereocenters. The number of urea groups is 1. The average Bonchev–Trinajstić information content (AvgIpc) is 2.97. The van der Waals surface area contributed by atoms with Crippen molar-refractivity contribution in [2.75, 3.05) is 5.32 Å². The smallest absolute Gasteiger partial charge is 0.319 e. The van der Waals surface area contributed by atoms with Crippen LogP contribution < -0.4 is 10.6 Å². The van der Waals surface area contributed by atoms with Crippen LogP contribution in [-0.2, 0) is 11.4 Å². The minimum Gasteiger partial charge on any atom is -0.335 e. The van der Waals surface area contributed by atoms with Crippen molar-refractivity contribution in [2.45, 2.75) is 18.9 Å². The molecule has 1 saturated carbocycles. The van der Waals surface area contributed by atoms with Gasteiger partial charge in [0.05, 0.1) is 27.1 Å². The predicted molar refractivity (Wildman–Crippen MR) is 73.2 cm³/mol. The summed E-state index contributed by atoms with van der Waals surface area (Å²) >= 11 is 13.1. The monoisotopic (exact) mass is 302 g/mol. The van der Waals surface area contributed by atoms with E-state index in [0.717, 1.165) is 24.2 Å². The van der Waals surface area contributed by atoms with Crippen molar-refractivity contribution in [3.8, 4) is 0 Å². The van der Waals surface area contributed by atoms with Gasteiger partial charge in [-0.05, 0) is 18.9 Å². The lowest BCUT2D eigenvalue weighted by Gasteiger charge is -2.11. The summed E-state index contributed by atoms with van der Waals surface area (Å²) in [5, 5.41) is 6.30. The van der Waals surface area contributed by atoms with E-state index in [1.807, 2.05) is 0 Å². The van der Waals surface area contributed by atoms with E-state index in [2.05, 4.69) is 19.4 Å². The van der Waals surface area contributed by atoms with Crippen LogP contribution in [-0.4, -0.2) is 12.1 Å². The Morgan fingerprint density at radius 3 is 2.72 bits per heavy atom. The first-order valence-electron chi connectivity index (χ1n) is 5.33. The maximum Gasteiger partial charge on any atom is 0.319 e. The fourth-order valence-electron chi connectivity index (χ4n) is 1.56. The molecule has 5 nitrogen and oxygen atoms in total. The van der Waals surface area contributed by atoms with E-state index in [1.165, 1.54) is 0 Å². The molecule has 0 saturated heterocycles. The number of rotatable bonds is 2. The Morgan fingerprint density at radius 2 is 2.00 bits per heavy atom. The number of halogens is 2. The number of benzene rings is 1. The zero-order valence-electron chi connectivity index (χ0n) is 9.04. The van der Waals surface area contributed by atoms with Gasteiger partial charge in [0.1, 0.15) is 11.4 Å². The van der Waals surface area contributed by atoms with E-state index in [-0.39, 0.29) is 12.1 Å². The number of hydrogen-bond acceptors (Lipinski definition) is 3. The van der Waals surface area contributed by atoms with E-state index in [9.17, 15) is 4.79 Å². The van der Waals surface area contributed by atoms with Crippen LogP contribution in [0, 0.1) is 0 Å². The predicted octanol–water partition coefficient (Wildman–Crippen LogP) is 4.00. The summed E-state index contributed by atoms with van der Waals surface area (Å²) in [4.78, 5) is 11.7. The third-order valence-corrected chi connectivity index (χ3v) is 3.71. The Bertz CT molecular complexity index is 608. The van der Waals surface area contributed by atoms with Gasteiger partial charge in [0, 0.05) is 6.04 Å². The highest BCUT2D eigenvalue weighted by molar-refractivity contribution is 7.58. The SMILES string of the molecule is O=C(Nc1c(Cl)cc(Cl)c2c1N=S=N2)NC1CC1. The summed E-state index contributed by atoms with van der Waals surface area (Å²) < 4.78 is 8.18. The van der Waals surface area contributed by atoms with Gasteiger partial charge in [-0.15, -0.1) is 0 Å². The van der Waals surface area contributed by atoms with Gasteiger partial charge in [0.15, 0.2) is 0 Å². The summed E-state index contributed by atoms with van der Waals surface area (Å²) in [6.45, 7) is 0. The highest BCUT2D eigenvalue weighted by Crippen LogP contribution is 2.47. The Balaban J connectivity index is 1.89. The van der Waals surface area contributed by atoms with Crippen LogP contribution >= 0.6 is 23.2 Å². The number of hydrogen-bond donors (Lipinski definition) is 2. The molecule has 0 spiro atoms. The Labute approximate surface area is 117 Å². The second kappa shape index (κ2) is 4.53. The number of nitrogens with zero attached hydrogens (tertiary/aromatic N) is 2. The molecule has 1 heterocycles. The van der Waals surface area contributed by atoms with Crippen LogP contribution in [0.15, 0.2) is 14.8 Å². The lowest BCUT2D eigenvalue weighted by Crippen LogP contribution is -2.30. The number of amides is 2. The van der Waals surface area contributed by atoms with Crippen molar-refractivity contribution in [1.29, 1.82) is 0 Å². The summed E-state index contributed by atoms with van der Waals surface area (Å²) in [6, 6.07) is 1.55. The van der Waals surface area contributed by atoms with Gasteiger partial charge in [-0.25, -0.2) is 4.79 Å². The molecule has 1 fully saturated rings. The van der Waals surface area contributed by atoms with E-state index in [0.29, 0.717) is 27.1 Å². The molecule has 0 aromatic heterocycles. The van der Waals surface area contributed by atoms with E-state index in [1.54, 1.807) is 6.07 Å². The molecule has 1 aliphatic heterocycles. The molecule has 0 radical (unpaired) electrons. The van der Waals surface area contributed by atoms with Crippen LogP contribution in [0.5, 0.6) is 0 Å². The van der Waals surface area contributed by atoms with Crippen LogP contribution in [0.25, 0.3) is 0 Å². The van der Waals surface area contributed by atoms with Gasteiger partial charge in [-0.1, -0.05) is 23.2 Å². The van der Waals surface area contributed by atoms with E-state index < -0.39 is 0 Å². The third-order valence-electron chi connectivity index (χ3n) is 2.59. The number of fused-ring (bicyclic) bond motifs is 1. The number of carbonyl (C=O) groups is 1. The maximum atomic E-state index is 11.7.